The second kappa shape index (κ2) is 6.29. The summed E-state index contributed by atoms with van der Waals surface area (Å²) in [5, 5.41) is 3.49. The van der Waals surface area contributed by atoms with Gasteiger partial charge in [0.1, 0.15) is 5.52 Å². The number of sulfonamides is 1. The Hall–Kier alpha value is -1.93. The molecule has 2 aromatic rings. The SMILES string of the molecule is CS(=O)(=O)NC1CCC(Nc2cc(N)cc3nccnc23)CC1. The molecule has 1 heterocycles. The van der Waals surface area contributed by atoms with Crippen LogP contribution in [0.3, 0.4) is 0 Å². The first-order valence-corrected chi connectivity index (χ1v) is 9.54. The van der Waals surface area contributed by atoms with Crippen LogP contribution >= 0.6 is 0 Å². The lowest BCUT2D eigenvalue weighted by molar-refractivity contribution is 0.388. The fraction of sp³-hybridized carbons (Fsp3) is 0.467. The Morgan fingerprint density at radius 1 is 1.09 bits per heavy atom. The van der Waals surface area contributed by atoms with Gasteiger partial charge in [-0.15, -0.1) is 0 Å². The Morgan fingerprint density at radius 2 is 1.74 bits per heavy atom. The van der Waals surface area contributed by atoms with Crippen LogP contribution in [0.1, 0.15) is 25.7 Å². The van der Waals surface area contributed by atoms with E-state index in [4.69, 9.17) is 5.73 Å². The van der Waals surface area contributed by atoms with Crippen LogP contribution in [0.15, 0.2) is 24.5 Å². The molecule has 8 heteroatoms. The molecule has 3 rings (SSSR count). The first kappa shape index (κ1) is 15.9. The van der Waals surface area contributed by atoms with Crippen molar-refractivity contribution in [1.82, 2.24) is 14.7 Å². The highest BCUT2D eigenvalue weighted by atomic mass is 32.2. The molecule has 0 bridgehead atoms. The zero-order valence-corrected chi connectivity index (χ0v) is 13.8. The first-order valence-electron chi connectivity index (χ1n) is 7.65. The maximum Gasteiger partial charge on any atom is 0.208 e. The molecule has 23 heavy (non-hydrogen) atoms. The van der Waals surface area contributed by atoms with Crippen molar-refractivity contribution in [2.45, 2.75) is 37.8 Å². The van der Waals surface area contributed by atoms with E-state index in [0.717, 1.165) is 42.4 Å². The van der Waals surface area contributed by atoms with Gasteiger partial charge >= 0.3 is 0 Å². The van der Waals surface area contributed by atoms with Gasteiger partial charge in [0.25, 0.3) is 0 Å². The summed E-state index contributed by atoms with van der Waals surface area (Å²) in [5.74, 6) is 0. The van der Waals surface area contributed by atoms with Gasteiger partial charge in [0, 0.05) is 30.2 Å². The van der Waals surface area contributed by atoms with Crippen molar-refractivity contribution in [2.24, 2.45) is 0 Å². The summed E-state index contributed by atoms with van der Waals surface area (Å²) in [6, 6.07) is 3.98. The number of nitrogens with two attached hydrogens (primary N) is 1. The average molecular weight is 335 g/mol. The molecule has 0 atom stereocenters. The van der Waals surface area contributed by atoms with Crippen LogP contribution in [-0.4, -0.2) is 36.7 Å². The van der Waals surface area contributed by atoms with Crippen molar-refractivity contribution < 1.29 is 8.42 Å². The topological polar surface area (TPSA) is 110 Å². The third-order valence-electron chi connectivity index (χ3n) is 4.06. The van der Waals surface area contributed by atoms with E-state index < -0.39 is 10.0 Å². The van der Waals surface area contributed by atoms with E-state index in [2.05, 4.69) is 20.0 Å². The summed E-state index contributed by atoms with van der Waals surface area (Å²) < 4.78 is 25.3. The first-order chi connectivity index (χ1) is 10.9. The maximum absolute atomic E-state index is 11.3. The summed E-state index contributed by atoms with van der Waals surface area (Å²) in [7, 11) is -3.14. The maximum atomic E-state index is 11.3. The van der Waals surface area contributed by atoms with Gasteiger partial charge in [-0.05, 0) is 37.8 Å². The third-order valence-corrected chi connectivity index (χ3v) is 4.83. The van der Waals surface area contributed by atoms with E-state index in [1.807, 2.05) is 6.07 Å². The number of rotatable bonds is 4. The Kier molecular flexibility index (Phi) is 4.36. The smallest absolute Gasteiger partial charge is 0.208 e. The van der Waals surface area contributed by atoms with Crippen molar-refractivity contribution in [3.8, 4) is 0 Å². The number of nitrogens with one attached hydrogen (secondary N) is 2. The van der Waals surface area contributed by atoms with E-state index in [-0.39, 0.29) is 12.1 Å². The normalized spacial score (nSPS) is 22.1. The molecule has 1 aliphatic rings. The summed E-state index contributed by atoms with van der Waals surface area (Å²) >= 11 is 0. The molecule has 0 saturated heterocycles. The van der Waals surface area contributed by atoms with Gasteiger partial charge in [-0.3, -0.25) is 9.97 Å². The highest BCUT2D eigenvalue weighted by Gasteiger charge is 2.23. The Morgan fingerprint density at radius 3 is 2.43 bits per heavy atom. The molecule has 1 aromatic heterocycles. The average Bonchev–Trinajstić information content (AvgIpc) is 2.47. The second-order valence-electron chi connectivity index (χ2n) is 6.08. The van der Waals surface area contributed by atoms with E-state index in [1.165, 1.54) is 6.26 Å². The molecule has 0 radical (unpaired) electrons. The van der Waals surface area contributed by atoms with Crippen LogP contribution in [0, 0.1) is 0 Å². The van der Waals surface area contributed by atoms with Gasteiger partial charge in [-0.2, -0.15) is 0 Å². The minimum atomic E-state index is -3.14. The molecular weight excluding hydrogens is 314 g/mol. The van der Waals surface area contributed by atoms with Crippen LogP contribution < -0.4 is 15.8 Å². The summed E-state index contributed by atoms with van der Waals surface area (Å²) in [5.41, 5.74) is 9.04. The van der Waals surface area contributed by atoms with Crippen molar-refractivity contribution >= 4 is 32.4 Å². The zero-order valence-electron chi connectivity index (χ0n) is 13.0. The van der Waals surface area contributed by atoms with Crippen LogP contribution in [0.2, 0.25) is 0 Å². The largest absolute Gasteiger partial charge is 0.399 e. The lowest BCUT2D eigenvalue weighted by Gasteiger charge is -2.30. The highest BCUT2D eigenvalue weighted by Crippen LogP contribution is 2.28. The van der Waals surface area contributed by atoms with Crippen molar-refractivity contribution in [3.63, 3.8) is 0 Å². The van der Waals surface area contributed by atoms with Crippen LogP contribution in [0.4, 0.5) is 11.4 Å². The van der Waals surface area contributed by atoms with Crippen LogP contribution in [0.5, 0.6) is 0 Å². The van der Waals surface area contributed by atoms with Gasteiger partial charge in [0.15, 0.2) is 0 Å². The lowest BCUT2D eigenvalue weighted by Crippen LogP contribution is -2.39. The number of hydrogen-bond donors (Lipinski definition) is 3. The summed E-state index contributed by atoms with van der Waals surface area (Å²) in [4.78, 5) is 8.67. The standard InChI is InChI=1S/C15H21N5O2S/c1-23(21,22)20-12-4-2-11(3-5-12)19-14-9-10(16)8-13-15(14)18-7-6-17-13/h6-9,11-12,19-20H,2-5,16H2,1H3. The van der Waals surface area contributed by atoms with Crippen LogP contribution in [0.25, 0.3) is 11.0 Å². The van der Waals surface area contributed by atoms with Crippen LogP contribution in [-0.2, 0) is 10.0 Å². The van der Waals surface area contributed by atoms with Gasteiger partial charge in [0.05, 0.1) is 17.5 Å². The molecule has 0 aliphatic heterocycles. The molecule has 1 aromatic carbocycles. The molecule has 1 aliphatic carbocycles. The predicted octanol–water partition coefficient (Wildman–Crippen LogP) is 1.48. The van der Waals surface area contributed by atoms with Gasteiger partial charge in [-0.25, -0.2) is 13.1 Å². The monoisotopic (exact) mass is 335 g/mol. The number of nitrogens with zero attached hydrogens (tertiary/aromatic N) is 2. The Labute approximate surface area is 135 Å². The predicted molar refractivity (Wildman–Crippen MR) is 91.6 cm³/mol. The quantitative estimate of drug-likeness (QED) is 0.730. The molecule has 1 fully saturated rings. The lowest BCUT2D eigenvalue weighted by atomic mass is 9.91. The molecule has 0 amide bonds. The summed E-state index contributed by atoms with van der Waals surface area (Å²) in [6.45, 7) is 0. The van der Waals surface area contributed by atoms with Gasteiger partial charge in [0.2, 0.25) is 10.0 Å². The molecule has 1 saturated carbocycles. The third kappa shape index (κ3) is 4.08. The number of anilines is 2. The molecule has 7 nitrogen and oxygen atoms in total. The van der Waals surface area contributed by atoms with Gasteiger partial charge < -0.3 is 11.1 Å². The minimum absolute atomic E-state index is 0.0282. The summed E-state index contributed by atoms with van der Waals surface area (Å²) in [6.07, 6.45) is 7.93. The number of benzene rings is 1. The van der Waals surface area contributed by atoms with Crippen molar-refractivity contribution in [1.29, 1.82) is 0 Å². The molecule has 124 valence electrons. The minimum Gasteiger partial charge on any atom is -0.399 e. The number of aromatic nitrogens is 2. The molecule has 0 spiro atoms. The Balaban J connectivity index is 1.70. The second-order valence-corrected chi connectivity index (χ2v) is 7.86. The van der Waals surface area contributed by atoms with Gasteiger partial charge in [-0.1, -0.05) is 0 Å². The van der Waals surface area contributed by atoms with Crippen molar-refractivity contribution in [2.75, 3.05) is 17.3 Å². The highest BCUT2D eigenvalue weighted by molar-refractivity contribution is 7.88. The Bertz CT molecular complexity index is 801. The fourth-order valence-corrected chi connectivity index (χ4v) is 3.93. The fourth-order valence-electron chi connectivity index (χ4n) is 3.08. The molecule has 4 N–H and O–H groups in total. The number of nitrogen functional groups attached to an aromatic ring is 1. The molecular formula is C15H21N5O2S. The van der Waals surface area contributed by atoms with E-state index >= 15 is 0 Å². The molecule has 0 unspecified atom stereocenters. The van der Waals surface area contributed by atoms with Crippen molar-refractivity contribution in [3.05, 3.63) is 24.5 Å². The van der Waals surface area contributed by atoms with E-state index in [1.54, 1.807) is 18.5 Å². The number of fused-ring (bicyclic) bond motifs is 1. The zero-order chi connectivity index (χ0) is 16.4. The van der Waals surface area contributed by atoms with E-state index in [9.17, 15) is 8.42 Å². The van der Waals surface area contributed by atoms with E-state index in [0.29, 0.717) is 5.69 Å². The number of hydrogen-bond acceptors (Lipinski definition) is 6.